The molecule has 0 unspecified atom stereocenters. The summed E-state index contributed by atoms with van der Waals surface area (Å²) < 4.78 is 14.7. The Balaban J connectivity index is 0.000000205. The van der Waals surface area contributed by atoms with Gasteiger partial charge in [-0.2, -0.15) is 10.2 Å². The number of hydrogen-bond donors (Lipinski definition) is 3. The number of benzene rings is 2. The lowest BCUT2D eigenvalue weighted by Gasteiger charge is -2.27. The van der Waals surface area contributed by atoms with Crippen molar-refractivity contribution in [1.29, 1.82) is 0 Å². The SMILES string of the molecule is CC(C)(C)OC(=O)Nc1cncc(-c2cncc(N(C(=O)OC(C)(C)C)c3cccc(Cl)c3)n2)c1.ClCCCn1cccn1.Clc1cccc(Nc2cncc(-c3cncc(NCCCn4cccn4)c3)n2)c1. The van der Waals surface area contributed by atoms with Crippen LogP contribution in [0.1, 0.15) is 54.4 Å². The second kappa shape index (κ2) is 26.7. The lowest BCUT2D eigenvalue weighted by molar-refractivity contribution is 0.0595. The number of ether oxygens (including phenoxy) is 2. The molecule has 0 aliphatic rings. The summed E-state index contributed by atoms with van der Waals surface area (Å²) in [5.41, 5.74) is 3.95. The Morgan fingerprint density at radius 3 is 1.84 bits per heavy atom. The van der Waals surface area contributed by atoms with E-state index in [0.29, 0.717) is 44.4 Å². The van der Waals surface area contributed by atoms with Crippen molar-refractivity contribution in [3.8, 4) is 22.5 Å². The summed E-state index contributed by atoms with van der Waals surface area (Å²) in [6.45, 7) is 13.3. The summed E-state index contributed by atoms with van der Waals surface area (Å²) in [6.07, 6.45) is 21.2. The van der Waals surface area contributed by atoms with E-state index in [0.717, 1.165) is 55.1 Å². The molecule has 18 nitrogen and oxygen atoms in total. The maximum absolute atomic E-state index is 13.1. The summed E-state index contributed by atoms with van der Waals surface area (Å²) in [6, 6.07) is 21.8. The molecule has 21 heteroatoms. The van der Waals surface area contributed by atoms with Crippen molar-refractivity contribution in [3.05, 3.63) is 157 Å². The van der Waals surface area contributed by atoms with E-state index in [1.54, 1.807) is 115 Å². The number of anilines is 6. The Kier molecular flexibility index (Phi) is 20.0. The molecular weight excluding hydrogens is 991 g/mol. The summed E-state index contributed by atoms with van der Waals surface area (Å²) in [5, 5.41) is 18.6. The highest BCUT2D eigenvalue weighted by molar-refractivity contribution is 6.31. The highest BCUT2D eigenvalue weighted by Crippen LogP contribution is 2.30. The topological polar surface area (TPSA) is 205 Å². The van der Waals surface area contributed by atoms with Gasteiger partial charge in [0.05, 0.1) is 59.4 Å². The molecule has 8 rings (SSSR count). The normalized spacial score (nSPS) is 11.0. The molecule has 380 valence electrons. The predicted molar refractivity (Wildman–Crippen MR) is 288 cm³/mol. The number of carbonyl (C=O) groups excluding carboxylic acids is 2. The zero-order valence-electron chi connectivity index (χ0n) is 41.3. The van der Waals surface area contributed by atoms with E-state index < -0.39 is 23.4 Å². The highest BCUT2D eigenvalue weighted by Gasteiger charge is 2.27. The number of hydrogen-bond acceptors (Lipinski definition) is 14. The van der Waals surface area contributed by atoms with Crippen molar-refractivity contribution in [2.75, 3.05) is 33.3 Å². The van der Waals surface area contributed by atoms with Gasteiger partial charge in [-0.05, 0) is 115 Å². The molecule has 73 heavy (non-hydrogen) atoms. The maximum Gasteiger partial charge on any atom is 0.420 e. The van der Waals surface area contributed by atoms with Crippen LogP contribution in [0, 0.1) is 0 Å². The van der Waals surface area contributed by atoms with E-state index in [4.69, 9.17) is 44.3 Å². The molecule has 0 spiro atoms. The third-order valence-electron chi connectivity index (χ3n) is 9.47. The van der Waals surface area contributed by atoms with E-state index in [1.165, 1.54) is 23.5 Å². The number of pyridine rings is 2. The van der Waals surface area contributed by atoms with Gasteiger partial charge in [0, 0.05) is 95.8 Å². The van der Waals surface area contributed by atoms with Crippen LogP contribution in [0.5, 0.6) is 0 Å². The number of halogens is 3. The van der Waals surface area contributed by atoms with Crippen LogP contribution in [0.3, 0.4) is 0 Å². The first-order chi connectivity index (χ1) is 35.0. The van der Waals surface area contributed by atoms with Crippen molar-refractivity contribution in [2.45, 2.75) is 78.7 Å². The largest absolute Gasteiger partial charge is 0.444 e. The van der Waals surface area contributed by atoms with Crippen LogP contribution in [0.25, 0.3) is 22.5 Å². The molecule has 8 aromatic rings. The molecule has 0 atom stereocenters. The summed E-state index contributed by atoms with van der Waals surface area (Å²) in [4.78, 5) is 52.9. The number of amides is 2. The number of alkyl halides is 1. The molecule has 0 aliphatic heterocycles. The van der Waals surface area contributed by atoms with Gasteiger partial charge in [-0.1, -0.05) is 35.3 Å². The molecule has 2 aromatic carbocycles. The van der Waals surface area contributed by atoms with Crippen molar-refractivity contribution in [2.24, 2.45) is 0 Å². The lowest BCUT2D eigenvalue weighted by Crippen LogP contribution is -2.34. The van der Waals surface area contributed by atoms with Crippen LogP contribution >= 0.6 is 34.8 Å². The van der Waals surface area contributed by atoms with Crippen molar-refractivity contribution in [1.82, 2.24) is 49.5 Å². The van der Waals surface area contributed by atoms with Crippen LogP contribution in [0.15, 0.2) is 147 Å². The molecule has 0 saturated heterocycles. The molecule has 6 aromatic heterocycles. The monoisotopic (exact) mass is 1050 g/mol. The Hall–Kier alpha value is -7.67. The summed E-state index contributed by atoms with van der Waals surface area (Å²) in [7, 11) is 0. The van der Waals surface area contributed by atoms with Crippen LogP contribution in [-0.4, -0.2) is 85.3 Å². The van der Waals surface area contributed by atoms with Gasteiger partial charge in [0.2, 0.25) is 0 Å². The predicted octanol–water partition coefficient (Wildman–Crippen LogP) is 12.8. The fourth-order valence-corrected chi connectivity index (χ4v) is 6.94. The van der Waals surface area contributed by atoms with Crippen LogP contribution in [0.2, 0.25) is 10.0 Å². The second-order valence-electron chi connectivity index (χ2n) is 17.9. The summed E-state index contributed by atoms with van der Waals surface area (Å²) >= 11 is 17.7. The zero-order chi connectivity index (χ0) is 52.2. The maximum atomic E-state index is 13.1. The third-order valence-corrected chi connectivity index (χ3v) is 10.2. The number of nitrogens with zero attached hydrogens (tertiary/aromatic N) is 11. The minimum Gasteiger partial charge on any atom is -0.444 e. The summed E-state index contributed by atoms with van der Waals surface area (Å²) in [5.74, 6) is 1.58. The standard InChI is InChI=1S/C25H28ClN5O4.C21H20ClN7.C6H9ClN2/c1-24(2,3)34-22(32)29-18-10-16(12-27-13-18)20-14-28-15-21(30-20)31(23(33)35-25(4,5)6)19-9-7-8-17(26)11-19;22-17-4-1-5-18(11-17)27-21-15-24-14-20(28-21)16-10-19(13-23-12-16)25-6-2-8-29-9-3-7-26-29;7-3-1-5-9-6-2-4-8-9/h7-15H,1-6H3,(H,29,32);1,3-5,7,9-15,25H,2,6,8H2,(H,27,28);2,4,6H,1,3,5H2. The first-order valence-corrected chi connectivity index (χ1v) is 24.4. The Labute approximate surface area is 439 Å². The zero-order valence-corrected chi connectivity index (χ0v) is 43.6. The van der Waals surface area contributed by atoms with Gasteiger partial charge >= 0.3 is 12.2 Å². The third kappa shape index (κ3) is 18.8. The van der Waals surface area contributed by atoms with E-state index in [9.17, 15) is 9.59 Å². The van der Waals surface area contributed by atoms with E-state index in [2.05, 4.69) is 56.1 Å². The molecule has 0 fully saturated rings. The fourth-order valence-electron chi connectivity index (χ4n) is 6.44. The smallest absolute Gasteiger partial charge is 0.420 e. The van der Waals surface area contributed by atoms with Gasteiger partial charge in [-0.3, -0.25) is 34.6 Å². The Morgan fingerprint density at radius 2 is 1.22 bits per heavy atom. The van der Waals surface area contributed by atoms with Crippen LogP contribution < -0.4 is 20.9 Å². The minimum absolute atomic E-state index is 0.226. The molecule has 0 bridgehead atoms. The lowest BCUT2D eigenvalue weighted by atomic mass is 10.2. The molecule has 2 amide bonds. The average Bonchev–Trinajstić information content (AvgIpc) is 4.08. The van der Waals surface area contributed by atoms with Gasteiger partial charge in [0.25, 0.3) is 0 Å². The van der Waals surface area contributed by atoms with Crippen molar-refractivity contribution < 1.29 is 19.1 Å². The quantitative estimate of drug-likeness (QED) is 0.0646. The number of aryl methyl sites for hydroxylation is 2. The Morgan fingerprint density at radius 1 is 0.630 bits per heavy atom. The van der Waals surface area contributed by atoms with Gasteiger partial charge in [-0.25, -0.2) is 24.5 Å². The van der Waals surface area contributed by atoms with Crippen LogP contribution in [-0.2, 0) is 22.6 Å². The van der Waals surface area contributed by atoms with Gasteiger partial charge in [0.1, 0.15) is 17.0 Å². The molecule has 0 aliphatic carbocycles. The first kappa shape index (κ1) is 54.7. The number of carbonyl (C=O) groups is 2. The average molecular weight is 1050 g/mol. The first-order valence-electron chi connectivity index (χ1n) is 23.1. The van der Waals surface area contributed by atoms with Gasteiger partial charge in [-0.15, -0.1) is 11.6 Å². The molecule has 0 saturated carbocycles. The molecule has 0 radical (unpaired) electrons. The van der Waals surface area contributed by atoms with Crippen molar-refractivity contribution in [3.63, 3.8) is 0 Å². The van der Waals surface area contributed by atoms with Gasteiger partial charge in [0.15, 0.2) is 5.82 Å². The highest BCUT2D eigenvalue weighted by atomic mass is 35.5. The molecule has 3 N–H and O–H groups in total. The number of rotatable bonds is 15. The minimum atomic E-state index is -0.732. The second-order valence-corrected chi connectivity index (χ2v) is 19.1. The van der Waals surface area contributed by atoms with E-state index in [-0.39, 0.29) is 5.82 Å². The number of nitrogens with one attached hydrogen (secondary N) is 3. The molecular formula is C52H57Cl3N14O4. The van der Waals surface area contributed by atoms with Gasteiger partial charge < -0.3 is 20.1 Å². The molecule has 6 heterocycles. The van der Waals surface area contributed by atoms with Crippen molar-refractivity contribution >= 4 is 81.4 Å². The van der Waals surface area contributed by atoms with E-state index >= 15 is 0 Å². The van der Waals surface area contributed by atoms with Crippen LogP contribution in [0.4, 0.5) is 44.0 Å². The number of aromatic nitrogens is 10. The Bertz CT molecular complexity index is 2990. The van der Waals surface area contributed by atoms with E-state index in [1.807, 2.05) is 64.2 Å². The fraction of sp³-hybridized carbons (Fsp3) is 0.269.